The van der Waals surface area contributed by atoms with E-state index in [1.54, 1.807) is 12.1 Å². The fraction of sp³-hybridized carbons (Fsp3) is 0.385. The molecule has 1 aromatic rings. The van der Waals surface area contributed by atoms with Gasteiger partial charge in [-0.2, -0.15) is 0 Å². The van der Waals surface area contributed by atoms with Crippen molar-refractivity contribution in [3.8, 4) is 11.5 Å². The Morgan fingerprint density at radius 2 is 2.41 bits per heavy atom. The molecule has 1 aliphatic heterocycles. The van der Waals surface area contributed by atoms with Crippen LogP contribution in [0.5, 0.6) is 11.5 Å². The van der Waals surface area contributed by atoms with Crippen LogP contribution in [0.4, 0.5) is 4.39 Å². The second-order valence-corrected chi connectivity index (χ2v) is 3.61. The van der Waals surface area contributed by atoms with E-state index in [1.165, 1.54) is 6.07 Å². The van der Waals surface area contributed by atoms with Gasteiger partial charge in [0, 0.05) is 0 Å². The van der Waals surface area contributed by atoms with Gasteiger partial charge in [-0.1, -0.05) is 6.07 Å². The van der Waals surface area contributed by atoms with Crippen molar-refractivity contribution in [1.82, 2.24) is 0 Å². The van der Waals surface area contributed by atoms with Crippen molar-refractivity contribution >= 4 is 0 Å². The van der Waals surface area contributed by atoms with Gasteiger partial charge in [0.2, 0.25) is 0 Å². The molecule has 0 amide bonds. The lowest BCUT2D eigenvalue weighted by Gasteiger charge is -2.28. The van der Waals surface area contributed by atoms with Gasteiger partial charge in [0.1, 0.15) is 12.4 Å². The molecule has 0 radical (unpaired) electrons. The Labute approximate surface area is 99.8 Å². The van der Waals surface area contributed by atoms with Crippen molar-refractivity contribution in [2.45, 2.75) is 20.0 Å². The van der Waals surface area contributed by atoms with E-state index in [-0.39, 0.29) is 11.9 Å². The molecule has 0 saturated heterocycles. The van der Waals surface area contributed by atoms with Gasteiger partial charge in [-0.15, -0.1) is 0 Å². The Morgan fingerprint density at radius 3 is 3.12 bits per heavy atom. The van der Waals surface area contributed by atoms with E-state index >= 15 is 0 Å². The van der Waals surface area contributed by atoms with Gasteiger partial charge in [-0.25, -0.2) is 4.39 Å². The maximum atomic E-state index is 13.5. The van der Waals surface area contributed by atoms with Crippen molar-refractivity contribution in [3.63, 3.8) is 0 Å². The first-order valence-electron chi connectivity index (χ1n) is 5.63. The van der Waals surface area contributed by atoms with Crippen LogP contribution in [-0.4, -0.2) is 19.3 Å². The molecule has 0 aliphatic carbocycles. The number of hydrogen-bond donors (Lipinski definition) is 0. The fourth-order valence-corrected chi connectivity index (χ4v) is 1.73. The monoisotopic (exact) mass is 238 g/mol. The van der Waals surface area contributed by atoms with Crippen LogP contribution in [0.2, 0.25) is 0 Å². The van der Waals surface area contributed by atoms with E-state index < -0.39 is 5.82 Å². The predicted molar refractivity (Wildman–Crippen MR) is 61.7 cm³/mol. The third-order valence-electron chi connectivity index (χ3n) is 2.49. The predicted octanol–water partition coefficient (Wildman–Crippen LogP) is 2.91. The Bertz CT molecular complexity index is 429. The summed E-state index contributed by atoms with van der Waals surface area (Å²) >= 11 is 0. The molecule has 0 fully saturated rings. The maximum Gasteiger partial charge on any atom is 0.198 e. The number of para-hydroxylation sites is 1. The van der Waals surface area contributed by atoms with E-state index in [9.17, 15) is 4.39 Å². The summed E-state index contributed by atoms with van der Waals surface area (Å²) in [6, 6.07) is 4.63. The molecule has 3 nitrogen and oxygen atoms in total. The number of benzene rings is 1. The van der Waals surface area contributed by atoms with Crippen molar-refractivity contribution in [3.05, 3.63) is 35.9 Å². The van der Waals surface area contributed by atoms with Crippen LogP contribution in [0.3, 0.4) is 0 Å². The number of ether oxygens (including phenoxy) is 3. The summed E-state index contributed by atoms with van der Waals surface area (Å²) < 4.78 is 30.0. The molecular formula is C13H15FO3. The topological polar surface area (TPSA) is 27.7 Å². The molecule has 1 atom stereocenters. The normalized spacial score (nSPS) is 19.0. The quantitative estimate of drug-likeness (QED) is 0.758. The molecule has 0 N–H and O–H groups in total. The maximum absolute atomic E-state index is 13.5. The second kappa shape index (κ2) is 5.08. The van der Waals surface area contributed by atoms with Crippen LogP contribution in [0, 0.1) is 5.82 Å². The van der Waals surface area contributed by atoms with Gasteiger partial charge in [0.15, 0.2) is 23.4 Å². The molecular weight excluding hydrogens is 223 g/mol. The lowest BCUT2D eigenvalue weighted by Crippen LogP contribution is -2.32. The summed E-state index contributed by atoms with van der Waals surface area (Å²) in [5, 5.41) is 0. The first-order valence-corrected chi connectivity index (χ1v) is 5.63. The molecule has 0 saturated carbocycles. The summed E-state index contributed by atoms with van der Waals surface area (Å²) in [7, 11) is 0. The summed E-state index contributed by atoms with van der Waals surface area (Å²) in [6.07, 6.45) is 1.42. The van der Waals surface area contributed by atoms with Crippen molar-refractivity contribution < 1.29 is 18.6 Å². The van der Waals surface area contributed by atoms with Crippen LogP contribution in [0.25, 0.3) is 0 Å². The number of rotatable bonds is 3. The van der Waals surface area contributed by atoms with E-state index in [0.717, 1.165) is 0 Å². The van der Waals surface area contributed by atoms with Crippen LogP contribution >= 0.6 is 0 Å². The minimum atomic E-state index is -0.417. The van der Waals surface area contributed by atoms with Gasteiger partial charge in [0.05, 0.1) is 6.61 Å². The average molecular weight is 238 g/mol. The largest absolute Gasteiger partial charge is 0.494 e. The fourth-order valence-electron chi connectivity index (χ4n) is 1.73. The van der Waals surface area contributed by atoms with Gasteiger partial charge >= 0.3 is 0 Å². The minimum Gasteiger partial charge on any atom is -0.494 e. The zero-order valence-electron chi connectivity index (χ0n) is 9.90. The lowest BCUT2D eigenvalue weighted by atomic mass is 10.2. The number of halogens is 1. The molecule has 1 heterocycles. The third-order valence-corrected chi connectivity index (χ3v) is 2.49. The zero-order valence-corrected chi connectivity index (χ0v) is 9.90. The number of fused-ring (bicyclic) bond motifs is 1. The van der Waals surface area contributed by atoms with Crippen LogP contribution in [-0.2, 0) is 4.74 Å². The molecule has 92 valence electrons. The van der Waals surface area contributed by atoms with E-state index in [2.05, 4.69) is 0 Å². The van der Waals surface area contributed by atoms with Gasteiger partial charge in [-0.05, 0) is 32.1 Å². The highest BCUT2D eigenvalue weighted by Crippen LogP contribution is 2.35. The summed E-state index contributed by atoms with van der Waals surface area (Å²) in [5.74, 6) is 0.844. The molecule has 17 heavy (non-hydrogen) atoms. The highest BCUT2D eigenvalue weighted by molar-refractivity contribution is 5.42. The van der Waals surface area contributed by atoms with Gasteiger partial charge < -0.3 is 14.2 Å². The molecule has 0 spiro atoms. The average Bonchev–Trinajstić information content (AvgIpc) is 2.36. The minimum absolute atomic E-state index is 0.155. The highest BCUT2D eigenvalue weighted by atomic mass is 19.1. The molecule has 2 rings (SSSR count). The van der Waals surface area contributed by atoms with E-state index in [4.69, 9.17) is 14.2 Å². The molecule has 4 heteroatoms. The van der Waals surface area contributed by atoms with Crippen molar-refractivity contribution in [2.24, 2.45) is 0 Å². The molecule has 1 aromatic carbocycles. The second-order valence-electron chi connectivity index (χ2n) is 3.61. The number of allylic oxidation sites excluding steroid dienone is 1. The van der Waals surface area contributed by atoms with Crippen LogP contribution in [0.15, 0.2) is 30.0 Å². The highest BCUT2D eigenvalue weighted by Gasteiger charge is 2.27. The zero-order chi connectivity index (χ0) is 12.3. The molecule has 1 aliphatic rings. The van der Waals surface area contributed by atoms with Crippen LogP contribution < -0.4 is 9.47 Å². The van der Waals surface area contributed by atoms with Gasteiger partial charge in [-0.3, -0.25) is 0 Å². The number of hydrogen-bond acceptors (Lipinski definition) is 3. The summed E-state index contributed by atoms with van der Waals surface area (Å²) in [5.41, 5.74) is 0. The Balaban J connectivity index is 2.20. The molecule has 0 aromatic heterocycles. The smallest absolute Gasteiger partial charge is 0.198 e. The Morgan fingerprint density at radius 1 is 1.59 bits per heavy atom. The first kappa shape index (κ1) is 11.8. The van der Waals surface area contributed by atoms with Crippen molar-refractivity contribution in [2.75, 3.05) is 13.2 Å². The summed E-state index contributed by atoms with van der Waals surface area (Å²) in [4.78, 5) is 0. The summed E-state index contributed by atoms with van der Waals surface area (Å²) in [6.45, 7) is 4.62. The van der Waals surface area contributed by atoms with E-state index in [1.807, 2.05) is 19.9 Å². The SMILES string of the molecule is C/C=C(/OCC)C1COc2cccc(F)c2O1. The van der Waals surface area contributed by atoms with Crippen molar-refractivity contribution in [1.29, 1.82) is 0 Å². The lowest BCUT2D eigenvalue weighted by molar-refractivity contribution is 0.0576. The Hall–Kier alpha value is -1.71. The molecule has 0 bridgehead atoms. The third kappa shape index (κ3) is 2.35. The first-order chi connectivity index (χ1) is 8.26. The Kier molecular flexibility index (Phi) is 3.52. The molecule has 1 unspecified atom stereocenters. The van der Waals surface area contributed by atoms with Gasteiger partial charge in [0.25, 0.3) is 0 Å². The van der Waals surface area contributed by atoms with E-state index in [0.29, 0.717) is 24.7 Å². The van der Waals surface area contributed by atoms with Crippen LogP contribution in [0.1, 0.15) is 13.8 Å². The standard InChI is InChI=1S/C13H15FO3/c1-3-10(15-4-2)12-8-16-11-7-5-6-9(14)13(11)17-12/h3,5-7,12H,4,8H2,1-2H3/b10-3+.